The van der Waals surface area contributed by atoms with Gasteiger partial charge in [0.1, 0.15) is 17.6 Å². The monoisotopic (exact) mass is 778 g/mol. The van der Waals surface area contributed by atoms with Crippen molar-refractivity contribution in [2.75, 3.05) is 0 Å². The predicted octanol–water partition coefficient (Wildman–Crippen LogP) is 12.9. The first-order valence-corrected chi connectivity index (χ1v) is 20.0. The number of fused-ring (bicyclic) bond motifs is 12. The van der Waals surface area contributed by atoms with Gasteiger partial charge in [-0.2, -0.15) is 5.26 Å². The number of nitriles is 1. The molecule has 1 spiro atoms. The fourth-order valence-corrected chi connectivity index (χ4v) is 9.63. The molecule has 0 bridgehead atoms. The summed E-state index contributed by atoms with van der Waals surface area (Å²) in [6.07, 6.45) is 0. The van der Waals surface area contributed by atoms with E-state index in [4.69, 9.17) is 26.3 Å². The van der Waals surface area contributed by atoms with Crippen LogP contribution >= 0.6 is 0 Å². The van der Waals surface area contributed by atoms with E-state index in [2.05, 4.69) is 106 Å². The van der Waals surface area contributed by atoms with Crippen molar-refractivity contribution in [1.82, 2.24) is 19.5 Å². The Balaban J connectivity index is 1.12. The molecule has 7 heteroatoms. The third-order valence-corrected chi connectivity index (χ3v) is 12.2. The molecule has 2 aliphatic rings. The van der Waals surface area contributed by atoms with Crippen LogP contribution < -0.4 is 4.74 Å². The first kappa shape index (κ1) is 34.4. The van der Waals surface area contributed by atoms with Crippen LogP contribution in [0.25, 0.3) is 77.6 Å². The minimum Gasteiger partial charge on any atom is -0.457 e. The molecule has 0 saturated carbocycles. The zero-order valence-corrected chi connectivity index (χ0v) is 32.4. The second-order valence-electron chi connectivity index (χ2n) is 15.3. The molecule has 7 nitrogen and oxygen atoms in total. The number of benzene rings is 8. The highest BCUT2D eigenvalue weighted by Gasteiger charge is 2.51. The van der Waals surface area contributed by atoms with Gasteiger partial charge in [0.05, 0.1) is 34.3 Å². The molecule has 61 heavy (non-hydrogen) atoms. The van der Waals surface area contributed by atoms with E-state index < -0.39 is 5.41 Å². The van der Waals surface area contributed by atoms with Crippen LogP contribution in [0.15, 0.2) is 182 Å². The second-order valence-corrected chi connectivity index (χ2v) is 15.3. The molecule has 0 fully saturated rings. The third kappa shape index (κ3) is 4.93. The average molecular weight is 779 g/mol. The van der Waals surface area contributed by atoms with Gasteiger partial charge in [-0.05, 0) is 64.7 Å². The van der Waals surface area contributed by atoms with Gasteiger partial charge < -0.3 is 9.30 Å². The van der Waals surface area contributed by atoms with E-state index in [1.165, 1.54) is 11.1 Å². The molecule has 0 radical (unpaired) electrons. The number of nitrogens with zero attached hydrogens (tertiary/aromatic N) is 6. The maximum absolute atomic E-state index is 11.0. The summed E-state index contributed by atoms with van der Waals surface area (Å²) in [5, 5.41) is 13.1. The van der Waals surface area contributed by atoms with Crippen LogP contribution in [0.3, 0.4) is 0 Å². The highest BCUT2D eigenvalue weighted by Crippen LogP contribution is 2.62. The molecule has 1 aliphatic heterocycles. The van der Waals surface area contributed by atoms with E-state index in [0.717, 1.165) is 66.7 Å². The maximum Gasteiger partial charge on any atom is 0.200 e. The lowest BCUT2D eigenvalue weighted by atomic mass is 9.66. The van der Waals surface area contributed by atoms with Gasteiger partial charge in [0.2, 0.25) is 0 Å². The van der Waals surface area contributed by atoms with Crippen molar-refractivity contribution in [3.63, 3.8) is 0 Å². The quantitative estimate of drug-likeness (QED) is 0.166. The van der Waals surface area contributed by atoms with Gasteiger partial charge in [0.15, 0.2) is 23.2 Å². The van der Waals surface area contributed by atoms with Crippen molar-refractivity contribution >= 4 is 27.5 Å². The van der Waals surface area contributed by atoms with Crippen LogP contribution in [-0.2, 0) is 5.41 Å². The standard InChI is InChI=1S/C54H30N6O/c1-56-45-31-47(35(32-55)28-40(45)53-58-51(33-16-4-2-5-17-33)57-52(59-53)34-18-6-3-7-19-34)60-46-25-13-9-21-37(46)39-29-44-38(30-48(39)60)36-20-8-10-22-41(36)54(44)42-23-11-14-26-49(42)61-50-27-15-12-24-43(50)54/h2-31H. The van der Waals surface area contributed by atoms with Crippen molar-refractivity contribution in [3.8, 4) is 68.5 Å². The lowest BCUT2D eigenvalue weighted by Crippen LogP contribution is -2.32. The Morgan fingerprint density at radius 1 is 0.508 bits per heavy atom. The fourth-order valence-electron chi connectivity index (χ4n) is 9.63. The van der Waals surface area contributed by atoms with Crippen molar-refractivity contribution in [3.05, 3.63) is 221 Å². The smallest absolute Gasteiger partial charge is 0.200 e. The molecule has 0 N–H and O–H groups in total. The van der Waals surface area contributed by atoms with Gasteiger partial charge in [0.25, 0.3) is 0 Å². The summed E-state index contributed by atoms with van der Waals surface area (Å²) >= 11 is 0. The number of ether oxygens (including phenoxy) is 1. The summed E-state index contributed by atoms with van der Waals surface area (Å²) in [4.78, 5) is 18.7. The van der Waals surface area contributed by atoms with Gasteiger partial charge in [-0.3, -0.25) is 0 Å². The summed E-state index contributed by atoms with van der Waals surface area (Å²) in [6, 6.07) is 63.8. The lowest BCUT2D eigenvalue weighted by Gasteiger charge is -2.39. The molecule has 0 saturated heterocycles. The van der Waals surface area contributed by atoms with Crippen molar-refractivity contribution < 1.29 is 4.74 Å². The van der Waals surface area contributed by atoms with Crippen LogP contribution in [0.1, 0.15) is 27.8 Å². The Labute approximate surface area is 350 Å². The first-order valence-electron chi connectivity index (χ1n) is 20.0. The molecule has 282 valence electrons. The number of rotatable bonds is 4. The topological polar surface area (TPSA) is 81.0 Å². The highest BCUT2D eigenvalue weighted by molar-refractivity contribution is 6.12. The molecule has 0 atom stereocenters. The number of hydrogen-bond donors (Lipinski definition) is 0. The zero-order valence-electron chi connectivity index (χ0n) is 32.4. The lowest BCUT2D eigenvalue weighted by molar-refractivity contribution is 0.436. The number of aromatic nitrogens is 4. The largest absolute Gasteiger partial charge is 0.457 e. The van der Waals surface area contributed by atoms with Gasteiger partial charge in [-0.25, -0.2) is 19.8 Å². The molecular weight excluding hydrogens is 749 g/mol. The van der Waals surface area contributed by atoms with Crippen molar-refractivity contribution in [1.29, 1.82) is 5.26 Å². The molecule has 2 aromatic heterocycles. The molecule has 0 unspecified atom stereocenters. The van der Waals surface area contributed by atoms with Crippen molar-refractivity contribution in [2.24, 2.45) is 0 Å². The minimum absolute atomic E-state index is 0.320. The van der Waals surface area contributed by atoms with Crippen molar-refractivity contribution in [2.45, 2.75) is 5.41 Å². The molecule has 3 heterocycles. The van der Waals surface area contributed by atoms with Crippen LogP contribution in [-0.4, -0.2) is 19.5 Å². The van der Waals surface area contributed by atoms with Gasteiger partial charge in [0, 0.05) is 38.6 Å². The molecular formula is C54H30N6O. The SMILES string of the molecule is [C-]#[N+]c1cc(-n2c3ccccc3c3cc4c(cc32)-c2ccccc2C42c3ccccc3Oc3ccccc32)c(C#N)cc1-c1nc(-c2ccccc2)nc(-c2ccccc2)n1. The van der Waals surface area contributed by atoms with E-state index in [1.807, 2.05) is 84.9 Å². The maximum atomic E-state index is 11.0. The van der Waals surface area contributed by atoms with Crippen LogP contribution in [0.2, 0.25) is 0 Å². The molecule has 12 rings (SSSR count). The Morgan fingerprint density at radius 2 is 1.08 bits per heavy atom. The van der Waals surface area contributed by atoms with E-state index in [9.17, 15) is 5.26 Å². The van der Waals surface area contributed by atoms with E-state index in [-0.39, 0.29) is 0 Å². The highest BCUT2D eigenvalue weighted by atomic mass is 16.5. The minimum atomic E-state index is -0.632. The molecule has 10 aromatic rings. The van der Waals surface area contributed by atoms with E-state index in [0.29, 0.717) is 40.0 Å². The average Bonchev–Trinajstić information content (AvgIpc) is 3.80. The van der Waals surface area contributed by atoms with Gasteiger partial charge in [-0.1, -0.05) is 140 Å². The molecule has 1 aliphatic carbocycles. The van der Waals surface area contributed by atoms with E-state index >= 15 is 0 Å². The Bertz CT molecular complexity index is 3440. The van der Waals surface area contributed by atoms with Crippen LogP contribution in [0.5, 0.6) is 11.5 Å². The number of para-hydroxylation sites is 3. The van der Waals surface area contributed by atoms with Crippen LogP contribution in [0.4, 0.5) is 5.69 Å². The summed E-state index contributed by atoms with van der Waals surface area (Å²) < 4.78 is 8.73. The summed E-state index contributed by atoms with van der Waals surface area (Å²) in [5.41, 5.74) is 11.4. The zero-order chi connectivity index (χ0) is 40.7. The van der Waals surface area contributed by atoms with Gasteiger partial charge >= 0.3 is 0 Å². The Hall–Kier alpha value is -8.65. The Morgan fingerprint density at radius 3 is 1.74 bits per heavy atom. The fraction of sp³-hybridized carbons (Fsp3) is 0.0185. The van der Waals surface area contributed by atoms with E-state index in [1.54, 1.807) is 6.07 Å². The predicted molar refractivity (Wildman–Crippen MR) is 239 cm³/mol. The van der Waals surface area contributed by atoms with Gasteiger partial charge in [-0.15, -0.1) is 0 Å². The third-order valence-electron chi connectivity index (χ3n) is 12.2. The Kier molecular flexibility index (Phi) is 7.44. The summed E-state index contributed by atoms with van der Waals surface area (Å²) in [6.45, 7) is 8.51. The second kappa shape index (κ2) is 13.2. The first-order chi connectivity index (χ1) is 30.1. The summed E-state index contributed by atoms with van der Waals surface area (Å²) in [7, 11) is 0. The summed E-state index contributed by atoms with van der Waals surface area (Å²) in [5.74, 6) is 2.95. The number of hydrogen-bond acceptors (Lipinski definition) is 5. The van der Waals surface area contributed by atoms with Crippen LogP contribution in [0, 0.1) is 17.9 Å². The normalized spacial score (nSPS) is 12.8. The molecule has 8 aromatic carbocycles. The molecule has 0 amide bonds.